The van der Waals surface area contributed by atoms with Gasteiger partial charge in [0, 0.05) is 18.0 Å². The number of ether oxygens (including phenoxy) is 1. The smallest absolute Gasteiger partial charge is 0.319 e. The number of nitrogens with zero attached hydrogens (tertiary/aromatic N) is 5. The van der Waals surface area contributed by atoms with E-state index in [0.29, 0.717) is 11.0 Å². The zero-order chi connectivity index (χ0) is 22.7. The van der Waals surface area contributed by atoms with Crippen LogP contribution in [0.1, 0.15) is 37.7 Å². The summed E-state index contributed by atoms with van der Waals surface area (Å²) in [6.45, 7) is 1.62. The second kappa shape index (κ2) is 9.52. The van der Waals surface area contributed by atoms with Crippen LogP contribution in [0.5, 0.6) is 5.75 Å². The highest BCUT2D eigenvalue weighted by molar-refractivity contribution is 7.98. The number of hydrogen-bond donors (Lipinski definition) is 0. The molecule has 32 heavy (non-hydrogen) atoms. The molecule has 0 radical (unpaired) electrons. The number of imidazole rings is 1. The van der Waals surface area contributed by atoms with Crippen molar-refractivity contribution >= 4 is 11.8 Å². The molecule has 0 saturated heterocycles. The molecule has 0 fully saturated rings. The number of methoxy groups -OCH3 is 1. The van der Waals surface area contributed by atoms with Crippen molar-refractivity contribution in [1.82, 2.24) is 24.3 Å². The third-order valence-corrected chi connectivity index (χ3v) is 6.00. The summed E-state index contributed by atoms with van der Waals surface area (Å²) in [4.78, 5) is 4.08. The van der Waals surface area contributed by atoms with E-state index < -0.39 is 6.55 Å². The van der Waals surface area contributed by atoms with E-state index in [-0.39, 0.29) is 17.5 Å². The van der Waals surface area contributed by atoms with Gasteiger partial charge in [-0.1, -0.05) is 43.8 Å². The number of thioether (sulfide) groups is 1. The Labute approximate surface area is 189 Å². The lowest BCUT2D eigenvalue weighted by atomic mass is 10.0. The van der Waals surface area contributed by atoms with Gasteiger partial charge in [-0.2, -0.15) is 8.78 Å². The first-order valence-corrected chi connectivity index (χ1v) is 11.1. The van der Waals surface area contributed by atoms with Crippen LogP contribution in [0.25, 0.3) is 17.1 Å². The molecule has 4 aromatic rings. The van der Waals surface area contributed by atoms with Crippen molar-refractivity contribution in [2.24, 2.45) is 0 Å². The molecular weight excluding hydrogens is 432 g/mol. The quantitative estimate of drug-likeness (QED) is 0.307. The first kappa shape index (κ1) is 22.0. The average Bonchev–Trinajstić information content (AvgIpc) is 3.44. The third-order valence-electron chi connectivity index (χ3n) is 5.07. The van der Waals surface area contributed by atoms with Crippen molar-refractivity contribution in [3.8, 4) is 22.8 Å². The molecular formula is C23H23F2N5OS. The molecule has 166 valence electrons. The molecule has 0 saturated carbocycles. The normalized spacial score (nSPS) is 11.5. The topological polar surface area (TPSA) is 57.8 Å². The van der Waals surface area contributed by atoms with Gasteiger partial charge in [-0.3, -0.25) is 9.13 Å². The monoisotopic (exact) mass is 455 g/mol. The summed E-state index contributed by atoms with van der Waals surface area (Å²) in [6.07, 6.45) is 2.66. The van der Waals surface area contributed by atoms with Gasteiger partial charge in [-0.05, 0) is 41.8 Å². The fraction of sp³-hybridized carbons (Fsp3) is 0.261. The van der Waals surface area contributed by atoms with Crippen LogP contribution in [0.4, 0.5) is 8.78 Å². The zero-order valence-corrected chi connectivity index (χ0v) is 18.8. The van der Waals surface area contributed by atoms with E-state index >= 15 is 0 Å². The Morgan fingerprint density at radius 3 is 2.47 bits per heavy atom. The van der Waals surface area contributed by atoms with Gasteiger partial charge in [0.1, 0.15) is 11.6 Å². The molecule has 9 heteroatoms. The largest absolute Gasteiger partial charge is 0.497 e. The van der Waals surface area contributed by atoms with Crippen LogP contribution in [-0.2, 0) is 5.75 Å². The number of benzene rings is 2. The molecule has 2 heterocycles. The van der Waals surface area contributed by atoms with E-state index in [1.165, 1.54) is 24.2 Å². The molecule has 0 atom stereocenters. The Balaban J connectivity index is 1.78. The van der Waals surface area contributed by atoms with E-state index in [9.17, 15) is 8.78 Å². The second-order valence-electron chi connectivity index (χ2n) is 7.40. The number of halogens is 2. The van der Waals surface area contributed by atoms with Crippen molar-refractivity contribution in [1.29, 1.82) is 0 Å². The maximum absolute atomic E-state index is 13.2. The Bertz CT molecular complexity index is 1190. The molecule has 4 rings (SSSR count). The van der Waals surface area contributed by atoms with Crippen LogP contribution in [0, 0.1) is 0 Å². The number of hydrogen-bond acceptors (Lipinski definition) is 5. The van der Waals surface area contributed by atoms with Crippen molar-refractivity contribution < 1.29 is 13.5 Å². The summed E-state index contributed by atoms with van der Waals surface area (Å²) < 4.78 is 34.6. The highest BCUT2D eigenvalue weighted by Crippen LogP contribution is 2.33. The average molecular weight is 456 g/mol. The van der Waals surface area contributed by atoms with Gasteiger partial charge < -0.3 is 4.74 Å². The Hall–Kier alpha value is -3.20. The lowest BCUT2D eigenvalue weighted by Gasteiger charge is -2.17. The predicted octanol–water partition coefficient (Wildman–Crippen LogP) is 5.95. The molecule has 0 spiro atoms. The van der Waals surface area contributed by atoms with E-state index in [0.717, 1.165) is 27.1 Å². The zero-order valence-electron chi connectivity index (χ0n) is 17.9. The fourth-order valence-corrected chi connectivity index (χ4v) is 4.34. The summed E-state index contributed by atoms with van der Waals surface area (Å²) >= 11 is 1.32. The molecule has 0 bridgehead atoms. The molecule has 0 aliphatic carbocycles. The van der Waals surface area contributed by atoms with Crippen molar-refractivity contribution in [2.75, 3.05) is 7.11 Å². The fourth-order valence-electron chi connectivity index (χ4n) is 3.45. The molecule has 0 aliphatic heterocycles. The number of rotatable bonds is 8. The van der Waals surface area contributed by atoms with E-state index in [1.54, 1.807) is 7.11 Å². The Morgan fingerprint density at radius 2 is 1.78 bits per heavy atom. The second-order valence-corrected chi connectivity index (χ2v) is 8.34. The third kappa shape index (κ3) is 4.38. The van der Waals surface area contributed by atoms with Crippen molar-refractivity contribution in [3.05, 3.63) is 72.3 Å². The molecule has 2 aromatic carbocycles. The highest BCUT2D eigenvalue weighted by Gasteiger charge is 2.21. The Morgan fingerprint density at radius 1 is 1.03 bits per heavy atom. The number of aromatic nitrogens is 5. The van der Waals surface area contributed by atoms with E-state index in [2.05, 4.69) is 35.1 Å². The van der Waals surface area contributed by atoms with Gasteiger partial charge in [0.25, 0.3) is 0 Å². The van der Waals surface area contributed by atoms with Crippen LogP contribution >= 0.6 is 11.8 Å². The van der Waals surface area contributed by atoms with E-state index in [4.69, 9.17) is 4.74 Å². The summed E-state index contributed by atoms with van der Waals surface area (Å²) in [5.41, 5.74) is 2.97. The first-order chi connectivity index (χ1) is 15.5. The van der Waals surface area contributed by atoms with Crippen LogP contribution in [0.3, 0.4) is 0 Å². The van der Waals surface area contributed by atoms with Crippen molar-refractivity contribution in [2.45, 2.75) is 37.2 Å². The van der Waals surface area contributed by atoms with Gasteiger partial charge in [0.15, 0.2) is 11.0 Å². The van der Waals surface area contributed by atoms with Crippen LogP contribution < -0.4 is 4.74 Å². The molecule has 0 N–H and O–H groups in total. The molecule has 6 nitrogen and oxygen atoms in total. The SMILES string of the molecule is COc1ccc(-c2nnc(SCc3nccn3C(F)F)n2-c2ccccc2C(C)C)cc1. The maximum atomic E-state index is 13.2. The van der Waals surface area contributed by atoms with Crippen LogP contribution in [0.2, 0.25) is 0 Å². The summed E-state index contributed by atoms with van der Waals surface area (Å²) in [5.74, 6) is 2.20. The Kier molecular flexibility index (Phi) is 6.55. The number of para-hydroxylation sites is 1. The van der Waals surface area contributed by atoms with Crippen LogP contribution in [-0.4, -0.2) is 31.4 Å². The minimum Gasteiger partial charge on any atom is -0.497 e. The molecule has 0 amide bonds. The predicted molar refractivity (Wildman–Crippen MR) is 120 cm³/mol. The summed E-state index contributed by atoms with van der Waals surface area (Å²) in [7, 11) is 1.62. The minimum absolute atomic E-state index is 0.238. The molecule has 0 unspecified atom stereocenters. The standard InChI is InChI=1S/C23H23F2N5OS/c1-15(2)18-6-4-5-7-19(18)30-21(16-8-10-17(31-3)11-9-16)27-28-23(30)32-14-20-26-12-13-29(20)22(24)25/h4-13,15,22H,14H2,1-3H3. The molecule has 0 aliphatic rings. The van der Waals surface area contributed by atoms with E-state index in [1.807, 2.05) is 47.0 Å². The minimum atomic E-state index is -2.64. The maximum Gasteiger partial charge on any atom is 0.319 e. The van der Waals surface area contributed by atoms with Gasteiger partial charge in [-0.25, -0.2) is 4.98 Å². The van der Waals surface area contributed by atoms with Crippen LogP contribution in [0.15, 0.2) is 66.1 Å². The number of alkyl halides is 2. The van der Waals surface area contributed by atoms with Crippen molar-refractivity contribution in [3.63, 3.8) is 0 Å². The summed E-state index contributed by atoms with van der Waals surface area (Å²) in [5, 5.41) is 9.46. The van der Waals surface area contributed by atoms with Gasteiger partial charge in [-0.15, -0.1) is 10.2 Å². The summed E-state index contributed by atoms with van der Waals surface area (Å²) in [6, 6.07) is 15.7. The highest BCUT2D eigenvalue weighted by atomic mass is 32.2. The van der Waals surface area contributed by atoms with Gasteiger partial charge in [0.05, 0.1) is 18.6 Å². The lowest BCUT2D eigenvalue weighted by Crippen LogP contribution is -2.06. The molecule has 2 aromatic heterocycles. The first-order valence-electron chi connectivity index (χ1n) is 10.1. The lowest BCUT2D eigenvalue weighted by molar-refractivity contribution is 0.0678. The van der Waals surface area contributed by atoms with Gasteiger partial charge in [0.2, 0.25) is 0 Å². The van der Waals surface area contributed by atoms with Gasteiger partial charge >= 0.3 is 6.55 Å².